The molecular formula is C8H15NO2S. The van der Waals surface area contributed by atoms with Crippen molar-refractivity contribution in [3.63, 3.8) is 0 Å². The van der Waals surface area contributed by atoms with E-state index < -0.39 is 0 Å². The summed E-state index contributed by atoms with van der Waals surface area (Å²) in [5, 5.41) is 0. The minimum Gasteiger partial charge on any atom is -0.468 e. The van der Waals surface area contributed by atoms with Crippen LogP contribution >= 0.6 is 11.8 Å². The van der Waals surface area contributed by atoms with Gasteiger partial charge in [0, 0.05) is 24.6 Å². The van der Waals surface area contributed by atoms with Gasteiger partial charge in [0.15, 0.2) is 0 Å². The molecule has 1 saturated heterocycles. The number of esters is 1. The second kappa shape index (κ2) is 4.72. The van der Waals surface area contributed by atoms with Gasteiger partial charge in [-0.05, 0) is 6.92 Å². The molecule has 0 N–H and O–H groups in total. The highest BCUT2D eigenvalue weighted by Crippen LogP contribution is 2.12. The van der Waals surface area contributed by atoms with Crippen LogP contribution in [0.3, 0.4) is 0 Å². The molecule has 0 amide bonds. The van der Waals surface area contributed by atoms with Gasteiger partial charge in [-0.25, -0.2) is 0 Å². The van der Waals surface area contributed by atoms with Crippen molar-refractivity contribution < 1.29 is 9.53 Å². The van der Waals surface area contributed by atoms with Crippen LogP contribution in [0.5, 0.6) is 0 Å². The fraction of sp³-hybridized carbons (Fsp3) is 0.875. The van der Waals surface area contributed by atoms with Gasteiger partial charge < -0.3 is 4.74 Å². The SMILES string of the molecule is COC(=O)[C@H](C)N1CCSCC1. The first-order valence-corrected chi connectivity index (χ1v) is 5.31. The third-order valence-electron chi connectivity index (χ3n) is 2.14. The van der Waals surface area contributed by atoms with Crippen LogP contribution in [0.1, 0.15) is 6.92 Å². The summed E-state index contributed by atoms with van der Waals surface area (Å²) in [5.74, 6) is 2.13. The van der Waals surface area contributed by atoms with Gasteiger partial charge in [-0.2, -0.15) is 11.8 Å². The fourth-order valence-corrected chi connectivity index (χ4v) is 2.22. The van der Waals surface area contributed by atoms with Gasteiger partial charge in [0.1, 0.15) is 6.04 Å². The van der Waals surface area contributed by atoms with Gasteiger partial charge >= 0.3 is 5.97 Å². The molecular weight excluding hydrogens is 174 g/mol. The Morgan fingerprint density at radius 3 is 2.58 bits per heavy atom. The summed E-state index contributed by atoms with van der Waals surface area (Å²) in [6.07, 6.45) is 0. The average Bonchev–Trinajstić information content (AvgIpc) is 2.17. The van der Waals surface area contributed by atoms with Gasteiger partial charge in [-0.3, -0.25) is 9.69 Å². The topological polar surface area (TPSA) is 29.5 Å². The molecule has 0 radical (unpaired) electrons. The van der Waals surface area contributed by atoms with E-state index in [1.165, 1.54) is 7.11 Å². The summed E-state index contributed by atoms with van der Waals surface area (Å²) < 4.78 is 4.68. The Bertz CT molecular complexity index is 157. The highest BCUT2D eigenvalue weighted by Gasteiger charge is 2.22. The van der Waals surface area contributed by atoms with E-state index in [0.29, 0.717) is 0 Å². The normalized spacial score (nSPS) is 21.8. The van der Waals surface area contributed by atoms with Crippen molar-refractivity contribution in [3.05, 3.63) is 0 Å². The van der Waals surface area contributed by atoms with Crippen molar-refractivity contribution in [1.29, 1.82) is 0 Å². The molecule has 0 aromatic carbocycles. The van der Waals surface area contributed by atoms with Crippen molar-refractivity contribution in [2.45, 2.75) is 13.0 Å². The molecule has 1 aliphatic rings. The molecule has 1 rings (SSSR count). The van der Waals surface area contributed by atoms with Crippen LogP contribution in [0.2, 0.25) is 0 Å². The molecule has 0 spiro atoms. The monoisotopic (exact) mass is 189 g/mol. The molecule has 0 aromatic rings. The summed E-state index contributed by atoms with van der Waals surface area (Å²) in [5.41, 5.74) is 0. The van der Waals surface area contributed by atoms with Crippen LogP contribution in [-0.2, 0) is 9.53 Å². The average molecular weight is 189 g/mol. The maximum atomic E-state index is 11.1. The van der Waals surface area contributed by atoms with Crippen molar-refractivity contribution in [1.82, 2.24) is 4.90 Å². The Morgan fingerprint density at radius 1 is 1.50 bits per heavy atom. The number of thioether (sulfide) groups is 1. The number of carbonyl (C=O) groups excluding carboxylic acids is 1. The first-order chi connectivity index (χ1) is 5.75. The Hall–Kier alpha value is -0.220. The van der Waals surface area contributed by atoms with E-state index in [0.717, 1.165) is 24.6 Å². The highest BCUT2D eigenvalue weighted by atomic mass is 32.2. The predicted molar refractivity (Wildman–Crippen MR) is 50.4 cm³/mol. The lowest BCUT2D eigenvalue weighted by Gasteiger charge is -2.30. The molecule has 4 heteroatoms. The number of nitrogens with zero attached hydrogens (tertiary/aromatic N) is 1. The van der Waals surface area contributed by atoms with Crippen LogP contribution in [-0.4, -0.2) is 48.6 Å². The lowest BCUT2D eigenvalue weighted by molar-refractivity contribution is -0.146. The zero-order valence-corrected chi connectivity index (χ0v) is 8.39. The van der Waals surface area contributed by atoms with Crippen LogP contribution < -0.4 is 0 Å². The van der Waals surface area contributed by atoms with Crippen LogP contribution in [0.4, 0.5) is 0 Å². The zero-order valence-electron chi connectivity index (χ0n) is 7.58. The van der Waals surface area contributed by atoms with Crippen LogP contribution in [0.25, 0.3) is 0 Å². The van der Waals surface area contributed by atoms with Crippen molar-refractivity contribution >= 4 is 17.7 Å². The second-order valence-electron chi connectivity index (χ2n) is 2.85. The molecule has 0 saturated carbocycles. The van der Waals surface area contributed by atoms with Gasteiger partial charge in [-0.15, -0.1) is 0 Å². The molecule has 70 valence electrons. The van der Waals surface area contributed by atoms with Crippen molar-refractivity contribution in [2.24, 2.45) is 0 Å². The Labute approximate surface area is 77.4 Å². The van der Waals surface area contributed by atoms with E-state index in [9.17, 15) is 4.79 Å². The molecule has 1 heterocycles. The first-order valence-electron chi connectivity index (χ1n) is 4.15. The smallest absolute Gasteiger partial charge is 0.322 e. The Kier molecular flexibility index (Phi) is 3.88. The largest absolute Gasteiger partial charge is 0.468 e. The highest BCUT2D eigenvalue weighted by molar-refractivity contribution is 7.99. The standard InChI is InChI=1S/C8H15NO2S/c1-7(8(10)11-2)9-3-5-12-6-4-9/h7H,3-6H2,1-2H3/t7-/m0/s1. The van der Waals surface area contributed by atoms with E-state index in [1.807, 2.05) is 18.7 Å². The second-order valence-corrected chi connectivity index (χ2v) is 4.07. The van der Waals surface area contributed by atoms with Crippen molar-refractivity contribution in [2.75, 3.05) is 31.7 Å². The summed E-state index contributed by atoms with van der Waals surface area (Å²) in [7, 11) is 1.44. The molecule has 3 nitrogen and oxygen atoms in total. The zero-order chi connectivity index (χ0) is 8.97. The molecule has 0 aromatic heterocycles. The predicted octanol–water partition coefficient (Wildman–Crippen LogP) is 0.597. The van der Waals surface area contributed by atoms with E-state index in [-0.39, 0.29) is 12.0 Å². The number of hydrogen-bond acceptors (Lipinski definition) is 4. The van der Waals surface area contributed by atoms with Gasteiger partial charge in [-0.1, -0.05) is 0 Å². The number of methoxy groups -OCH3 is 1. The molecule has 1 fully saturated rings. The first kappa shape index (κ1) is 9.86. The third-order valence-corrected chi connectivity index (χ3v) is 3.08. The van der Waals surface area contributed by atoms with Crippen LogP contribution in [0, 0.1) is 0 Å². The quantitative estimate of drug-likeness (QED) is 0.595. The van der Waals surface area contributed by atoms with E-state index in [2.05, 4.69) is 9.64 Å². The van der Waals surface area contributed by atoms with Gasteiger partial charge in [0.25, 0.3) is 0 Å². The van der Waals surface area contributed by atoms with Crippen LogP contribution in [0.15, 0.2) is 0 Å². The van der Waals surface area contributed by atoms with Gasteiger partial charge in [0.2, 0.25) is 0 Å². The number of carbonyl (C=O) groups is 1. The molecule has 1 aliphatic heterocycles. The molecule has 1 atom stereocenters. The summed E-state index contributed by atoms with van der Waals surface area (Å²) >= 11 is 1.94. The lowest BCUT2D eigenvalue weighted by atomic mass is 10.3. The minimum absolute atomic E-state index is 0.0732. The minimum atomic E-state index is -0.123. The van der Waals surface area contributed by atoms with Crippen molar-refractivity contribution in [3.8, 4) is 0 Å². The third kappa shape index (κ3) is 2.38. The molecule has 12 heavy (non-hydrogen) atoms. The molecule has 0 bridgehead atoms. The Balaban J connectivity index is 2.39. The Morgan fingerprint density at radius 2 is 2.08 bits per heavy atom. The summed E-state index contributed by atoms with van der Waals surface area (Å²) in [6, 6.07) is -0.0732. The maximum Gasteiger partial charge on any atom is 0.322 e. The fourth-order valence-electron chi connectivity index (χ4n) is 1.28. The van der Waals surface area contributed by atoms with E-state index in [4.69, 9.17) is 0 Å². The number of rotatable bonds is 2. The van der Waals surface area contributed by atoms with E-state index in [1.54, 1.807) is 0 Å². The lowest BCUT2D eigenvalue weighted by Crippen LogP contribution is -2.44. The summed E-state index contributed by atoms with van der Waals surface area (Å²) in [4.78, 5) is 13.3. The summed E-state index contributed by atoms with van der Waals surface area (Å²) in [6.45, 7) is 3.91. The molecule has 0 aliphatic carbocycles. The number of ether oxygens (including phenoxy) is 1. The van der Waals surface area contributed by atoms with Gasteiger partial charge in [0.05, 0.1) is 7.11 Å². The van der Waals surface area contributed by atoms with E-state index >= 15 is 0 Å². The number of hydrogen-bond donors (Lipinski definition) is 0. The molecule has 0 unspecified atom stereocenters. The maximum absolute atomic E-state index is 11.1.